The number of aryl methyl sites for hydroxylation is 1. The molecule has 7 heteroatoms. The Labute approximate surface area is 126 Å². The summed E-state index contributed by atoms with van der Waals surface area (Å²) < 4.78 is 1.97. The molecule has 1 unspecified atom stereocenters. The lowest BCUT2D eigenvalue weighted by molar-refractivity contribution is -0.125. The molecular formula is C15H16N6O. The molecule has 0 fully saturated rings. The van der Waals surface area contributed by atoms with Crippen LogP contribution in [0.4, 0.5) is 0 Å². The zero-order valence-electron chi connectivity index (χ0n) is 12.0. The highest BCUT2D eigenvalue weighted by Gasteiger charge is 2.25. The van der Waals surface area contributed by atoms with Gasteiger partial charge in [0.15, 0.2) is 5.65 Å². The van der Waals surface area contributed by atoms with E-state index in [9.17, 15) is 4.79 Å². The molecule has 0 saturated carbocycles. The van der Waals surface area contributed by atoms with Gasteiger partial charge in [-0.3, -0.25) is 14.6 Å². The summed E-state index contributed by atoms with van der Waals surface area (Å²) in [6, 6.07) is 5.80. The summed E-state index contributed by atoms with van der Waals surface area (Å²) in [5.74, 6) is 0.0931. The molecule has 1 atom stereocenters. The second kappa shape index (κ2) is 5.25. The van der Waals surface area contributed by atoms with Crippen LogP contribution in [0.15, 0.2) is 30.6 Å². The summed E-state index contributed by atoms with van der Waals surface area (Å²) in [6.45, 7) is 1.24. The summed E-state index contributed by atoms with van der Waals surface area (Å²) in [4.78, 5) is 16.5. The fourth-order valence-corrected chi connectivity index (χ4v) is 2.95. The van der Waals surface area contributed by atoms with Gasteiger partial charge in [0.1, 0.15) is 0 Å². The minimum Gasteiger partial charge on any atom is -0.350 e. The van der Waals surface area contributed by atoms with Crippen LogP contribution in [0.5, 0.6) is 0 Å². The van der Waals surface area contributed by atoms with Gasteiger partial charge in [-0.1, -0.05) is 0 Å². The van der Waals surface area contributed by atoms with Gasteiger partial charge in [-0.2, -0.15) is 10.2 Å². The summed E-state index contributed by atoms with van der Waals surface area (Å²) in [6.07, 6.45) is 5.07. The molecule has 0 bridgehead atoms. The Balaban J connectivity index is 1.43. The van der Waals surface area contributed by atoms with Gasteiger partial charge in [0, 0.05) is 42.4 Å². The van der Waals surface area contributed by atoms with Crippen LogP contribution in [-0.4, -0.2) is 30.9 Å². The second-order valence-corrected chi connectivity index (χ2v) is 5.53. The van der Waals surface area contributed by atoms with E-state index >= 15 is 0 Å². The summed E-state index contributed by atoms with van der Waals surface area (Å²) in [5.41, 5.74) is 2.69. The molecule has 1 aliphatic heterocycles. The number of pyridine rings is 1. The number of H-pyrrole nitrogens is 1. The number of rotatable bonds is 3. The monoisotopic (exact) mass is 296 g/mol. The van der Waals surface area contributed by atoms with E-state index in [1.54, 1.807) is 12.4 Å². The van der Waals surface area contributed by atoms with E-state index in [2.05, 4.69) is 25.6 Å². The van der Waals surface area contributed by atoms with Crippen LogP contribution >= 0.6 is 0 Å². The van der Waals surface area contributed by atoms with Crippen molar-refractivity contribution in [3.8, 4) is 0 Å². The van der Waals surface area contributed by atoms with Crippen LogP contribution in [0.2, 0.25) is 0 Å². The van der Waals surface area contributed by atoms with Gasteiger partial charge in [0.2, 0.25) is 5.91 Å². The first kappa shape index (κ1) is 13.0. The number of nitrogens with zero attached hydrogens (tertiary/aromatic N) is 4. The van der Waals surface area contributed by atoms with Gasteiger partial charge >= 0.3 is 0 Å². The molecule has 7 nitrogen and oxygen atoms in total. The van der Waals surface area contributed by atoms with Gasteiger partial charge in [-0.25, -0.2) is 4.98 Å². The molecule has 112 valence electrons. The van der Waals surface area contributed by atoms with Crippen molar-refractivity contribution in [3.63, 3.8) is 0 Å². The van der Waals surface area contributed by atoms with Crippen molar-refractivity contribution < 1.29 is 4.79 Å². The van der Waals surface area contributed by atoms with Crippen molar-refractivity contribution in [1.29, 1.82) is 0 Å². The normalized spacial score (nSPS) is 17.4. The molecule has 0 aliphatic carbocycles. The third kappa shape index (κ3) is 2.24. The first-order chi connectivity index (χ1) is 10.8. The lowest BCUT2D eigenvalue weighted by Crippen LogP contribution is -2.35. The molecule has 22 heavy (non-hydrogen) atoms. The van der Waals surface area contributed by atoms with Gasteiger partial charge in [0.25, 0.3) is 0 Å². The van der Waals surface area contributed by atoms with E-state index in [0.29, 0.717) is 12.2 Å². The van der Waals surface area contributed by atoms with Crippen LogP contribution in [0.25, 0.3) is 11.0 Å². The van der Waals surface area contributed by atoms with Crippen molar-refractivity contribution in [2.75, 3.05) is 0 Å². The standard InChI is InChI=1S/C15H16N6O/c22-15(10-4-7-21-11(8-10)3-6-18-21)17-9-13-12-2-1-5-16-14(12)20-19-13/h1-3,5-6,10H,4,7-9H2,(H,17,22)(H,16,19,20). The minimum atomic E-state index is 0.0107. The maximum absolute atomic E-state index is 12.4. The fourth-order valence-electron chi connectivity index (χ4n) is 2.95. The van der Waals surface area contributed by atoms with Crippen molar-refractivity contribution in [2.45, 2.75) is 25.9 Å². The fraction of sp³-hybridized carbons (Fsp3) is 0.333. The first-order valence-electron chi connectivity index (χ1n) is 7.37. The lowest BCUT2D eigenvalue weighted by atomic mass is 9.95. The Bertz CT molecular complexity index is 820. The molecule has 3 aromatic heterocycles. The number of carbonyl (C=O) groups is 1. The van der Waals surface area contributed by atoms with Crippen LogP contribution < -0.4 is 5.32 Å². The van der Waals surface area contributed by atoms with Crippen molar-refractivity contribution >= 4 is 16.9 Å². The molecular weight excluding hydrogens is 280 g/mol. The molecule has 0 radical (unpaired) electrons. The topological polar surface area (TPSA) is 88.5 Å². The summed E-state index contributed by atoms with van der Waals surface area (Å²) >= 11 is 0. The number of aromatic nitrogens is 5. The minimum absolute atomic E-state index is 0.0107. The predicted molar refractivity (Wildman–Crippen MR) is 79.8 cm³/mol. The maximum Gasteiger partial charge on any atom is 0.223 e. The quantitative estimate of drug-likeness (QED) is 0.755. The van der Waals surface area contributed by atoms with Gasteiger partial charge in [-0.15, -0.1) is 0 Å². The summed E-state index contributed by atoms with van der Waals surface area (Å²) in [5, 5.41) is 15.3. The van der Waals surface area contributed by atoms with E-state index in [1.807, 2.05) is 22.9 Å². The van der Waals surface area contributed by atoms with Gasteiger partial charge < -0.3 is 5.32 Å². The van der Waals surface area contributed by atoms with Crippen molar-refractivity contribution in [2.24, 2.45) is 5.92 Å². The highest BCUT2D eigenvalue weighted by Crippen LogP contribution is 2.20. The van der Waals surface area contributed by atoms with Gasteiger partial charge in [-0.05, 0) is 24.6 Å². The van der Waals surface area contributed by atoms with Gasteiger partial charge in [0.05, 0.1) is 12.2 Å². The number of aromatic amines is 1. The van der Waals surface area contributed by atoms with Crippen LogP contribution in [0.1, 0.15) is 17.8 Å². The third-order valence-electron chi connectivity index (χ3n) is 4.17. The van der Waals surface area contributed by atoms with Crippen molar-refractivity contribution in [3.05, 3.63) is 42.0 Å². The molecule has 4 heterocycles. The number of hydrogen-bond donors (Lipinski definition) is 2. The van der Waals surface area contributed by atoms with E-state index in [1.165, 1.54) is 0 Å². The van der Waals surface area contributed by atoms with Crippen LogP contribution in [-0.2, 0) is 24.3 Å². The third-order valence-corrected chi connectivity index (χ3v) is 4.17. The first-order valence-corrected chi connectivity index (χ1v) is 7.37. The largest absolute Gasteiger partial charge is 0.350 e. The average Bonchev–Trinajstić information content (AvgIpc) is 3.18. The zero-order valence-corrected chi connectivity index (χ0v) is 12.0. The Morgan fingerprint density at radius 2 is 2.36 bits per heavy atom. The zero-order chi connectivity index (χ0) is 14.9. The second-order valence-electron chi connectivity index (χ2n) is 5.53. The highest BCUT2D eigenvalue weighted by atomic mass is 16.1. The van der Waals surface area contributed by atoms with E-state index in [0.717, 1.165) is 36.2 Å². The Morgan fingerprint density at radius 3 is 3.32 bits per heavy atom. The number of amides is 1. The Hall–Kier alpha value is -2.70. The summed E-state index contributed by atoms with van der Waals surface area (Å²) in [7, 11) is 0. The molecule has 2 N–H and O–H groups in total. The van der Waals surface area contributed by atoms with Crippen molar-refractivity contribution in [1.82, 2.24) is 30.3 Å². The molecule has 0 saturated heterocycles. The van der Waals surface area contributed by atoms with E-state index in [4.69, 9.17) is 0 Å². The molecule has 4 rings (SSSR count). The van der Waals surface area contributed by atoms with Crippen LogP contribution in [0, 0.1) is 5.92 Å². The average molecular weight is 296 g/mol. The highest BCUT2D eigenvalue weighted by molar-refractivity contribution is 5.81. The number of fused-ring (bicyclic) bond motifs is 2. The smallest absolute Gasteiger partial charge is 0.223 e. The Kier molecular flexibility index (Phi) is 3.10. The Morgan fingerprint density at radius 1 is 1.41 bits per heavy atom. The number of carbonyl (C=O) groups excluding carboxylic acids is 1. The van der Waals surface area contributed by atoms with E-state index < -0.39 is 0 Å². The lowest BCUT2D eigenvalue weighted by Gasteiger charge is -2.22. The predicted octanol–water partition coefficient (Wildman–Crippen LogP) is 1.03. The van der Waals surface area contributed by atoms with E-state index in [-0.39, 0.29) is 11.8 Å². The molecule has 3 aromatic rings. The molecule has 1 aliphatic rings. The van der Waals surface area contributed by atoms with Crippen LogP contribution in [0.3, 0.4) is 0 Å². The number of nitrogens with one attached hydrogen (secondary N) is 2. The SMILES string of the molecule is O=C(NCc1[nH]nc2ncccc12)C1CCn2nccc2C1. The molecule has 0 aromatic carbocycles. The molecule has 0 spiro atoms. The maximum atomic E-state index is 12.4. The number of hydrogen-bond acceptors (Lipinski definition) is 4. The molecule has 1 amide bonds.